The molecule has 0 fully saturated rings. The van der Waals surface area contributed by atoms with Crippen molar-refractivity contribution in [3.63, 3.8) is 0 Å². The molecule has 0 aliphatic heterocycles. The molecule has 0 rings (SSSR count). The summed E-state index contributed by atoms with van der Waals surface area (Å²) in [5.74, 6) is 0. The average Bonchev–Trinajstić information content (AvgIpc) is 1.27. The Kier molecular flexibility index (Phi) is 3.53. The van der Waals surface area contributed by atoms with Crippen molar-refractivity contribution in [3.8, 4) is 0 Å². The zero-order valence-corrected chi connectivity index (χ0v) is 5.58. The molecule has 0 atom stereocenters. The molecule has 0 aromatic carbocycles. The number of hydrogen-bond donors (Lipinski definition) is 0. The molecule has 0 spiro atoms. The molecule has 0 unspecified atom stereocenters. The summed E-state index contributed by atoms with van der Waals surface area (Å²) in [5, 5.41) is 0. The SMILES string of the molecule is O=C(Cl)PC(=O)Cl. The lowest BCUT2D eigenvalue weighted by Gasteiger charge is -1.76. The van der Waals surface area contributed by atoms with Crippen LogP contribution in [0.3, 0.4) is 0 Å². The molecule has 0 heterocycles. The molecule has 0 saturated carbocycles. The van der Waals surface area contributed by atoms with Crippen molar-refractivity contribution in [3.05, 3.63) is 0 Å². The Labute approximate surface area is 51.9 Å². The van der Waals surface area contributed by atoms with E-state index in [9.17, 15) is 9.59 Å². The monoisotopic (exact) mass is 158 g/mol. The van der Waals surface area contributed by atoms with Crippen LogP contribution in [0.2, 0.25) is 0 Å². The van der Waals surface area contributed by atoms with Crippen LogP contribution in [0.15, 0.2) is 0 Å². The zero-order chi connectivity index (χ0) is 5.86. The Bertz CT molecular complexity index is 89.9. The molecule has 0 bridgehead atoms. The van der Waals surface area contributed by atoms with Gasteiger partial charge in [-0.15, -0.1) is 0 Å². The van der Waals surface area contributed by atoms with Crippen molar-refractivity contribution in [2.45, 2.75) is 0 Å². The molecule has 0 aliphatic carbocycles. The largest absolute Gasteiger partial charge is 0.276 e. The third-order valence-corrected chi connectivity index (χ3v) is 1.16. The fraction of sp³-hybridized carbons (Fsp3) is 0. The minimum Gasteiger partial charge on any atom is -0.276 e. The Morgan fingerprint density at radius 1 is 1.14 bits per heavy atom. The van der Waals surface area contributed by atoms with Gasteiger partial charge in [-0.1, -0.05) is 0 Å². The van der Waals surface area contributed by atoms with E-state index in [1.165, 1.54) is 0 Å². The van der Waals surface area contributed by atoms with Crippen molar-refractivity contribution >= 4 is 41.7 Å². The molecular formula is C2HCl2O2P. The Morgan fingerprint density at radius 3 is 1.43 bits per heavy atom. The zero-order valence-electron chi connectivity index (χ0n) is 3.07. The van der Waals surface area contributed by atoms with Crippen LogP contribution in [0, 0.1) is 0 Å². The van der Waals surface area contributed by atoms with Crippen LogP contribution in [0.5, 0.6) is 0 Å². The van der Waals surface area contributed by atoms with Gasteiger partial charge in [-0.25, -0.2) is 0 Å². The van der Waals surface area contributed by atoms with E-state index < -0.39 is 18.5 Å². The van der Waals surface area contributed by atoms with E-state index in [0.717, 1.165) is 0 Å². The third kappa shape index (κ3) is 6.35. The highest BCUT2D eigenvalue weighted by Crippen LogP contribution is 2.19. The first-order valence-corrected chi connectivity index (χ1v) is 3.04. The van der Waals surface area contributed by atoms with Crippen molar-refractivity contribution in [1.82, 2.24) is 0 Å². The van der Waals surface area contributed by atoms with E-state index in [2.05, 4.69) is 0 Å². The van der Waals surface area contributed by atoms with Gasteiger partial charge in [0.15, 0.2) is 0 Å². The topological polar surface area (TPSA) is 34.1 Å². The summed E-state index contributed by atoms with van der Waals surface area (Å²) >= 11 is 9.48. The van der Waals surface area contributed by atoms with Gasteiger partial charge in [-0.3, -0.25) is 9.59 Å². The van der Waals surface area contributed by atoms with Crippen molar-refractivity contribution in [2.24, 2.45) is 0 Å². The molecule has 0 aromatic rings. The second-order valence-electron chi connectivity index (χ2n) is 0.672. The van der Waals surface area contributed by atoms with Crippen molar-refractivity contribution in [2.75, 3.05) is 0 Å². The minimum absolute atomic E-state index is 0.602. The van der Waals surface area contributed by atoms with E-state index in [1.54, 1.807) is 0 Å². The highest BCUT2D eigenvalue weighted by molar-refractivity contribution is 7.82. The lowest BCUT2D eigenvalue weighted by molar-refractivity contribution is 0.272. The number of carbonyl (C=O) groups is 2. The van der Waals surface area contributed by atoms with E-state index in [1.807, 2.05) is 0 Å². The molecule has 2 nitrogen and oxygen atoms in total. The van der Waals surface area contributed by atoms with Gasteiger partial charge in [0.1, 0.15) is 0 Å². The first-order valence-electron chi connectivity index (χ1n) is 1.29. The maximum absolute atomic E-state index is 9.73. The fourth-order valence-electron chi connectivity index (χ4n) is 0.0773. The highest BCUT2D eigenvalue weighted by atomic mass is 35.5. The van der Waals surface area contributed by atoms with Crippen LogP contribution in [0.25, 0.3) is 0 Å². The molecule has 0 saturated heterocycles. The number of carbonyl (C=O) groups excluding carboxylic acids is 2. The molecular weight excluding hydrogens is 158 g/mol. The van der Waals surface area contributed by atoms with Gasteiger partial charge in [0.25, 0.3) is 0 Å². The lowest BCUT2D eigenvalue weighted by atomic mass is 11.7. The molecule has 40 valence electrons. The highest BCUT2D eigenvalue weighted by Gasteiger charge is 2.00. The smallest absolute Gasteiger partial charge is 0.248 e. The number of halogens is 2. The van der Waals surface area contributed by atoms with Crippen LogP contribution in [-0.4, -0.2) is 9.97 Å². The van der Waals surface area contributed by atoms with Crippen LogP contribution in [0.1, 0.15) is 0 Å². The molecule has 0 aliphatic rings. The van der Waals surface area contributed by atoms with Crippen molar-refractivity contribution in [1.29, 1.82) is 0 Å². The summed E-state index contributed by atoms with van der Waals surface area (Å²) < 4.78 is 0. The first-order chi connectivity index (χ1) is 3.13. The van der Waals surface area contributed by atoms with Crippen LogP contribution in [-0.2, 0) is 0 Å². The van der Waals surface area contributed by atoms with Gasteiger partial charge in [0.2, 0.25) is 9.97 Å². The normalized spacial score (nSPS) is 8.29. The second-order valence-corrected chi connectivity index (χ2v) is 3.15. The van der Waals surface area contributed by atoms with E-state index >= 15 is 0 Å². The predicted octanol–water partition coefficient (Wildman–Crippen LogP) is 2.38. The maximum Gasteiger partial charge on any atom is 0.248 e. The van der Waals surface area contributed by atoms with Crippen molar-refractivity contribution < 1.29 is 9.59 Å². The number of hydrogen-bond acceptors (Lipinski definition) is 2. The summed E-state index contributed by atoms with van der Waals surface area (Å²) in [4.78, 5) is 18.1. The van der Waals surface area contributed by atoms with Gasteiger partial charge in [0, 0.05) is 0 Å². The molecule has 0 N–H and O–H groups in total. The molecule has 0 aromatic heterocycles. The molecule has 0 radical (unpaired) electrons. The summed E-state index contributed by atoms with van der Waals surface area (Å²) in [6, 6.07) is 0. The average molecular weight is 159 g/mol. The summed E-state index contributed by atoms with van der Waals surface area (Å²) in [5.41, 5.74) is 0. The fourth-order valence-corrected chi connectivity index (χ4v) is 0.892. The maximum atomic E-state index is 9.73. The lowest BCUT2D eigenvalue weighted by Crippen LogP contribution is -1.70. The van der Waals surface area contributed by atoms with E-state index in [0.29, 0.717) is 0 Å². The first kappa shape index (κ1) is 7.35. The predicted molar refractivity (Wildman–Crippen MR) is 30.8 cm³/mol. The Hall–Kier alpha value is 0.350. The Balaban J connectivity index is 3.32. The van der Waals surface area contributed by atoms with Crippen LogP contribution >= 0.6 is 31.8 Å². The molecule has 7 heavy (non-hydrogen) atoms. The quantitative estimate of drug-likeness (QED) is 0.457. The minimum atomic E-state index is -0.694. The number of rotatable bonds is 2. The standard InChI is InChI=1S/C2HCl2O2P/c3-1(5)7-2(4)6/h7H. The summed E-state index contributed by atoms with van der Waals surface area (Å²) in [6.07, 6.45) is 0. The summed E-state index contributed by atoms with van der Waals surface area (Å²) in [6.45, 7) is 0. The van der Waals surface area contributed by atoms with E-state index in [4.69, 9.17) is 23.2 Å². The Morgan fingerprint density at radius 2 is 1.43 bits per heavy atom. The van der Waals surface area contributed by atoms with Gasteiger partial charge in [-0.2, -0.15) is 0 Å². The molecule has 0 amide bonds. The van der Waals surface area contributed by atoms with E-state index in [-0.39, 0.29) is 0 Å². The second kappa shape index (κ2) is 3.36. The third-order valence-electron chi connectivity index (χ3n) is 0.197. The molecule has 5 heteroatoms. The van der Waals surface area contributed by atoms with Gasteiger partial charge in [0.05, 0.1) is 8.58 Å². The van der Waals surface area contributed by atoms with Crippen LogP contribution < -0.4 is 0 Å². The van der Waals surface area contributed by atoms with Gasteiger partial charge < -0.3 is 0 Å². The summed E-state index contributed by atoms with van der Waals surface area (Å²) in [7, 11) is -0.602. The van der Waals surface area contributed by atoms with Crippen LogP contribution in [0.4, 0.5) is 9.59 Å². The van der Waals surface area contributed by atoms with Gasteiger partial charge in [-0.05, 0) is 23.2 Å². The van der Waals surface area contributed by atoms with Gasteiger partial charge >= 0.3 is 0 Å².